The maximum absolute atomic E-state index is 12.0. The molecule has 1 amide bonds. The first-order chi connectivity index (χ1) is 9.88. The molecule has 1 aliphatic heterocycles. The molecule has 0 saturated carbocycles. The zero-order valence-corrected chi connectivity index (χ0v) is 12.7. The first-order valence-electron chi connectivity index (χ1n) is 7.19. The third-order valence-electron chi connectivity index (χ3n) is 4.33. The number of anilines is 1. The Labute approximate surface area is 125 Å². The van der Waals surface area contributed by atoms with Crippen LogP contribution < -0.4 is 5.32 Å². The summed E-state index contributed by atoms with van der Waals surface area (Å²) >= 11 is 0. The predicted octanol–water partition coefficient (Wildman–Crippen LogP) is 1.89. The number of hydrogen-bond acceptors (Lipinski definition) is 3. The van der Waals surface area contributed by atoms with E-state index in [1.807, 2.05) is 36.9 Å². The first-order valence-corrected chi connectivity index (χ1v) is 7.19. The van der Waals surface area contributed by atoms with E-state index >= 15 is 0 Å². The standard InChI is InChI=1S/C16H22N2O3/c1-10-5-4-6-14(11(10)2)17-15(19)9-18-7-13(8-18)12(3)16(20)21/h4-6,12-13H,7-9H2,1-3H3,(H,17,19)(H,20,21). The minimum atomic E-state index is -0.764. The molecule has 0 aromatic heterocycles. The Morgan fingerprint density at radius 1 is 1.38 bits per heavy atom. The largest absolute Gasteiger partial charge is 0.481 e. The van der Waals surface area contributed by atoms with Gasteiger partial charge >= 0.3 is 5.97 Å². The van der Waals surface area contributed by atoms with Crippen LogP contribution in [-0.4, -0.2) is 41.5 Å². The van der Waals surface area contributed by atoms with Crippen molar-refractivity contribution in [2.24, 2.45) is 11.8 Å². The highest BCUT2D eigenvalue weighted by atomic mass is 16.4. The average molecular weight is 290 g/mol. The highest BCUT2D eigenvalue weighted by Gasteiger charge is 2.35. The van der Waals surface area contributed by atoms with E-state index in [4.69, 9.17) is 5.11 Å². The van der Waals surface area contributed by atoms with Crippen molar-refractivity contribution >= 4 is 17.6 Å². The van der Waals surface area contributed by atoms with E-state index in [-0.39, 0.29) is 17.7 Å². The number of rotatable bonds is 5. The van der Waals surface area contributed by atoms with Crippen molar-refractivity contribution < 1.29 is 14.7 Å². The Morgan fingerprint density at radius 2 is 2.05 bits per heavy atom. The summed E-state index contributed by atoms with van der Waals surface area (Å²) in [4.78, 5) is 24.9. The number of carboxylic acids is 1. The summed E-state index contributed by atoms with van der Waals surface area (Å²) in [6, 6.07) is 5.83. The smallest absolute Gasteiger partial charge is 0.306 e. The van der Waals surface area contributed by atoms with Gasteiger partial charge in [-0.15, -0.1) is 0 Å². The highest BCUT2D eigenvalue weighted by molar-refractivity contribution is 5.93. The van der Waals surface area contributed by atoms with E-state index < -0.39 is 5.97 Å². The topological polar surface area (TPSA) is 69.6 Å². The van der Waals surface area contributed by atoms with Gasteiger partial charge in [0.1, 0.15) is 0 Å². The zero-order chi connectivity index (χ0) is 15.6. The minimum absolute atomic E-state index is 0.0508. The molecule has 1 fully saturated rings. The zero-order valence-electron chi connectivity index (χ0n) is 12.7. The summed E-state index contributed by atoms with van der Waals surface area (Å²) in [6.07, 6.45) is 0. The van der Waals surface area contributed by atoms with Crippen LogP contribution in [0.15, 0.2) is 18.2 Å². The van der Waals surface area contributed by atoms with Gasteiger partial charge in [-0.25, -0.2) is 0 Å². The van der Waals surface area contributed by atoms with Crippen LogP contribution in [0, 0.1) is 25.7 Å². The van der Waals surface area contributed by atoms with Crippen molar-refractivity contribution in [3.8, 4) is 0 Å². The Kier molecular flexibility index (Phi) is 4.63. The second kappa shape index (κ2) is 6.26. The van der Waals surface area contributed by atoms with Gasteiger partial charge in [-0.1, -0.05) is 19.1 Å². The molecule has 2 rings (SSSR count). The molecule has 5 nitrogen and oxygen atoms in total. The van der Waals surface area contributed by atoms with Gasteiger partial charge in [-0.2, -0.15) is 0 Å². The van der Waals surface area contributed by atoms with E-state index in [9.17, 15) is 9.59 Å². The van der Waals surface area contributed by atoms with Gasteiger partial charge in [0, 0.05) is 18.8 Å². The lowest BCUT2D eigenvalue weighted by molar-refractivity contribution is -0.145. The van der Waals surface area contributed by atoms with Crippen LogP contribution in [0.25, 0.3) is 0 Å². The molecule has 2 N–H and O–H groups in total. The molecule has 21 heavy (non-hydrogen) atoms. The molecule has 1 aliphatic rings. The van der Waals surface area contributed by atoms with Gasteiger partial charge in [0.15, 0.2) is 0 Å². The number of nitrogens with zero attached hydrogens (tertiary/aromatic N) is 1. The van der Waals surface area contributed by atoms with Crippen LogP contribution in [-0.2, 0) is 9.59 Å². The molecule has 1 heterocycles. The van der Waals surface area contributed by atoms with E-state index in [2.05, 4.69) is 5.32 Å². The minimum Gasteiger partial charge on any atom is -0.481 e. The first kappa shape index (κ1) is 15.5. The van der Waals surface area contributed by atoms with Crippen LogP contribution >= 0.6 is 0 Å². The number of carbonyl (C=O) groups is 2. The number of carbonyl (C=O) groups excluding carboxylic acids is 1. The SMILES string of the molecule is Cc1cccc(NC(=O)CN2CC(C(C)C(=O)O)C2)c1C. The maximum Gasteiger partial charge on any atom is 0.306 e. The summed E-state index contributed by atoms with van der Waals surface area (Å²) < 4.78 is 0. The number of carboxylic acid groups (broad SMARTS) is 1. The lowest BCUT2D eigenvalue weighted by atomic mass is 9.87. The number of amides is 1. The molecule has 0 spiro atoms. The molecule has 1 saturated heterocycles. The molecule has 114 valence electrons. The number of nitrogens with one attached hydrogen (secondary N) is 1. The fourth-order valence-corrected chi connectivity index (χ4v) is 2.54. The van der Waals surface area contributed by atoms with Crippen LogP contribution in [0.3, 0.4) is 0 Å². The summed E-state index contributed by atoms with van der Waals surface area (Å²) in [6.45, 7) is 7.38. The van der Waals surface area contributed by atoms with Gasteiger partial charge in [0.2, 0.25) is 5.91 Å². The highest BCUT2D eigenvalue weighted by Crippen LogP contribution is 2.24. The van der Waals surface area contributed by atoms with E-state index in [1.54, 1.807) is 6.92 Å². The molecule has 1 atom stereocenters. The quantitative estimate of drug-likeness (QED) is 0.869. The van der Waals surface area contributed by atoms with Crippen molar-refractivity contribution in [2.45, 2.75) is 20.8 Å². The lowest BCUT2D eigenvalue weighted by Gasteiger charge is -2.40. The number of likely N-dealkylation sites (tertiary alicyclic amines) is 1. The number of hydrogen-bond donors (Lipinski definition) is 2. The lowest BCUT2D eigenvalue weighted by Crippen LogP contribution is -2.53. The second-order valence-electron chi connectivity index (χ2n) is 5.88. The Hall–Kier alpha value is -1.88. The molecule has 1 unspecified atom stereocenters. The summed E-state index contributed by atoms with van der Waals surface area (Å²) in [7, 11) is 0. The number of benzene rings is 1. The Balaban J connectivity index is 1.82. The fraction of sp³-hybridized carbons (Fsp3) is 0.500. The normalized spacial score (nSPS) is 17.1. The molecular formula is C16H22N2O3. The van der Waals surface area contributed by atoms with Crippen LogP contribution in [0.2, 0.25) is 0 Å². The van der Waals surface area contributed by atoms with Crippen LogP contribution in [0.5, 0.6) is 0 Å². The Morgan fingerprint density at radius 3 is 2.67 bits per heavy atom. The molecule has 1 aromatic rings. The van der Waals surface area contributed by atoms with Crippen LogP contribution in [0.1, 0.15) is 18.1 Å². The molecule has 0 radical (unpaired) electrons. The van der Waals surface area contributed by atoms with Crippen molar-refractivity contribution in [2.75, 3.05) is 25.0 Å². The van der Waals surface area contributed by atoms with Crippen molar-refractivity contribution in [1.82, 2.24) is 4.90 Å². The van der Waals surface area contributed by atoms with Gasteiger partial charge < -0.3 is 10.4 Å². The summed E-state index contributed by atoms with van der Waals surface area (Å²) in [5.41, 5.74) is 3.06. The van der Waals surface area contributed by atoms with Gasteiger partial charge in [-0.3, -0.25) is 14.5 Å². The van der Waals surface area contributed by atoms with Crippen molar-refractivity contribution in [1.29, 1.82) is 0 Å². The summed E-state index contributed by atoms with van der Waals surface area (Å²) in [5.74, 6) is -1.01. The molecule has 0 bridgehead atoms. The van der Waals surface area contributed by atoms with E-state index in [0.29, 0.717) is 19.6 Å². The molecule has 0 aliphatic carbocycles. The van der Waals surface area contributed by atoms with Gasteiger partial charge in [0.25, 0.3) is 0 Å². The van der Waals surface area contributed by atoms with Gasteiger partial charge in [-0.05, 0) is 37.0 Å². The molecular weight excluding hydrogens is 268 g/mol. The Bertz CT molecular complexity index is 550. The van der Waals surface area contributed by atoms with Crippen molar-refractivity contribution in [3.05, 3.63) is 29.3 Å². The van der Waals surface area contributed by atoms with Crippen molar-refractivity contribution in [3.63, 3.8) is 0 Å². The second-order valence-corrected chi connectivity index (χ2v) is 5.88. The molecule has 1 aromatic carbocycles. The monoisotopic (exact) mass is 290 g/mol. The van der Waals surface area contributed by atoms with E-state index in [0.717, 1.165) is 16.8 Å². The van der Waals surface area contributed by atoms with E-state index in [1.165, 1.54) is 0 Å². The fourth-order valence-electron chi connectivity index (χ4n) is 2.54. The average Bonchev–Trinajstić information content (AvgIpc) is 2.38. The third-order valence-corrected chi connectivity index (χ3v) is 4.33. The van der Waals surface area contributed by atoms with Crippen LogP contribution in [0.4, 0.5) is 5.69 Å². The number of aryl methyl sites for hydroxylation is 1. The summed E-state index contributed by atoms with van der Waals surface area (Å²) in [5, 5.41) is 11.9. The maximum atomic E-state index is 12.0. The van der Waals surface area contributed by atoms with Gasteiger partial charge in [0.05, 0.1) is 12.5 Å². The number of aliphatic carboxylic acids is 1. The predicted molar refractivity (Wildman–Crippen MR) is 81.3 cm³/mol. The molecule has 5 heteroatoms. The third kappa shape index (κ3) is 3.61.